The Morgan fingerprint density at radius 3 is 2.69 bits per heavy atom. The molecule has 0 radical (unpaired) electrons. The highest BCUT2D eigenvalue weighted by Crippen LogP contribution is 2.28. The zero-order chi connectivity index (χ0) is 21.8. The Labute approximate surface area is 189 Å². The summed E-state index contributed by atoms with van der Waals surface area (Å²) in [5.74, 6) is 0.870. The van der Waals surface area contributed by atoms with Crippen LogP contribution in [0.5, 0.6) is 0 Å². The number of morpholine rings is 1. The summed E-state index contributed by atoms with van der Waals surface area (Å²) in [5.41, 5.74) is 2.55. The fourth-order valence-electron chi connectivity index (χ4n) is 3.66. The van der Waals surface area contributed by atoms with E-state index in [9.17, 15) is 4.79 Å². The third-order valence-electron chi connectivity index (χ3n) is 5.18. The largest absolute Gasteiger partial charge is 0.378 e. The van der Waals surface area contributed by atoms with Crippen LogP contribution in [0.4, 0.5) is 11.6 Å². The van der Waals surface area contributed by atoms with Gasteiger partial charge in [-0.1, -0.05) is 36.0 Å². The average Bonchev–Trinajstić information content (AvgIpc) is 3.28. The smallest absolute Gasteiger partial charge is 0.234 e. The maximum atomic E-state index is 12.7. The minimum absolute atomic E-state index is 0.109. The van der Waals surface area contributed by atoms with Crippen molar-refractivity contribution in [2.45, 2.75) is 5.16 Å². The van der Waals surface area contributed by atoms with Gasteiger partial charge in [-0.3, -0.25) is 14.3 Å². The molecular weight excluding hydrogens is 424 g/mol. The minimum Gasteiger partial charge on any atom is -0.378 e. The number of anilines is 2. The summed E-state index contributed by atoms with van der Waals surface area (Å²) in [6, 6.07) is 19.5. The first-order valence-corrected chi connectivity index (χ1v) is 11.4. The quantitative estimate of drug-likeness (QED) is 0.455. The Morgan fingerprint density at radius 2 is 1.84 bits per heavy atom. The molecule has 4 aromatic rings. The highest BCUT2D eigenvalue weighted by molar-refractivity contribution is 7.99. The Hall–Kier alpha value is -3.43. The van der Waals surface area contributed by atoms with E-state index >= 15 is 0 Å². The monoisotopic (exact) mass is 446 g/mol. The van der Waals surface area contributed by atoms with Gasteiger partial charge in [0.15, 0.2) is 5.16 Å². The number of carbonyl (C=O) groups is 1. The van der Waals surface area contributed by atoms with E-state index in [1.54, 1.807) is 6.20 Å². The molecule has 1 N–H and O–H groups in total. The average molecular weight is 447 g/mol. The molecule has 2 aromatic carbocycles. The highest BCUT2D eigenvalue weighted by atomic mass is 32.2. The number of amides is 1. The van der Waals surface area contributed by atoms with Crippen LogP contribution in [-0.4, -0.2) is 57.7 Å². The van der Waals surface area contributed by atoms with E-state index in [0.29, 0.717) is 18.4 Å². The van der Waals surface area contributed by atoms with Crippen LogP contribution in [0.15, 0.2) is 72.0 Å². The first-order valence-electron chi connectivity index (χ1n) is 10.4. The number of hydrogen-bond acceptors (Lipinski definition) is 7. The van der Waals surface area contributed by atoms with Crippen LogP contribution in [0.1, 0.15) is 0 Å². The van der Waals surface area contributed by atoms with Gasteiger partial charge in [-0.05, 0) is 36.4 Å². The van der Waals surface area contributed by atoms with E-state index < -0.39 is 0 Å². The molecule has 3 heterocycles. The molecule has 1 amide bonds. The van der Waals surface area contributed by atoms with Gasteiger partial charge in [-0.25, -0.2) is 0 Å². The number of hydrogen-bond donors (Lipinski definition) is 1. The number of aromatic nitrogens is 4. The topological polar surface area (TPSA) is 85.2 Å². The molecule has 1 aliphatic heterocycles. The van der Waals surface area contributed by atoms with E-state index in [1.807, 2.05) is 65.2 Å². The summed E-state index contributed by atoms with van der Waals surface area (Å²) in [6.45, 7) is 2.83. The van der Waals surface area contributed by atoms with Crippen molar-refractivity contribution in [1.82, 2.24) is 19.7 Å². The molecule has 0 bridgehead atoms. The number of ether oxygens (including phenoxy) is 1. The van der Waals surface area contributed by atoms with E-state index in [0.717, 1.165) is 41.3 Å². The molecule has 1 aliphatic rings. The maximum absolute atomic E-state index is 12.7. The van der Waals surface area contributed by atoms with Crippen molar-refractivity contribution in [1.29, 1.82) is 0 Å². The predicted octanol–water partition coefficient (Wildman–Crippen LogP) is 3.38. The third kappa shape index (κ3) is 4.30. The molecule has 0 aliphatic carbocycles. The van der Waals surface area contributed by atoms with Crippen molar-refractivity contribution in [3.8, 4) is 5.69 Å². The number of para-hydroxylation sites is 1. The molecule has 1 saturated heterocycles. The number of carbonyl (C=O) groups excluding carboxylic acids is 1. The Bertz CT molecular complexity index is 1220. The number of pyridine rings is 1. The number of nitrogens with zero attached hydrogens (tertiary/aromatic N) is 5. The summed E-state index contributed by atoms with van der Waals surface area (Å²) in [4.78, 5) is 19.3. The molecule has 32 heavy (non-hydrogen) atoms. The van der Waals surface area contributed by atoms with Crippen molar-refractivity contribution in [2.24, 2.45) is 0 Å². The second kappa shape index (κ2) is 9.37. The number of benzene rings is 2. The molecule has 1 fully saturated rings. The van der Waals surface area contributed by atoms with Gasteiger partial charge in [-0.2, -0.15) is 0 Å². The van der Waals surface area contributed by atoms with Crippen molar-refractivity contribution in [2.75, 3.05) is 42.3 Å². The summed E-state index contributed by atoms with van der Waals surface area (Å²) in [6.07, 6.45) is 1.74. The molecule has 0 unspecified atom stereocenters. The van der Waals surface area contributed by atoms with Gasteiger partial charge in [0.2, 0.25) is 11.9 Å². The summed E-state index contributed by atoms with van der Waals surface area (Å²) < 4.78 is 7.48. The molecule has 9 heteroatoms. The van der Waals surface area contributed by atoms with Gasteiger partial charge in [0.1, 0.15) is 0 Å². The van der Waals surface area contributed by atoms with Crippen LogP contribution in [-0.2, 0) is 9.53 Å². The van der Waals surface area contributed by atoms with Crippen LogP contribution in [0.25, 0.3) is 16.6 Å². The lowest BCUT2D eigenvalue weighted by molar-refractivity contribution is -0.113. The van der Waals surface area contributed by atoms with Crippen molar-refractivity contribution in [3.05, 3.63) is 66.9 Å². The van der Waals surface area contributed by atoms with Gasteiger partial charge < -0.3 is 15.0 Å². The molecule has 2 aromatic heterocycles. The molecule has 0 saturated carbocycles. The van der Waals surface area contributed by atoms with Crippen LogP contribution < -0.4 is 10.2 Å². The van der Waals surface area contributed by atoms with E-state index in [1.165, 1.54) is 11.8 Å². The number of nitrogens with one attached hydrogen (secondary N) is 1. The van der Waals surface area contributed by atoms with E-state index in [4.69, 9.17) is 4.74 Å². The Balaban J connectivity index is 1.36. The first-order chi connectivity index (χ1) is 15.8. The standard InChI is InChI=1S/C23H22N6O2S/c30-21(25-20-10-4-9-19-18(20)8-5-11-24-19)16-32-23-27-26-22(28-12-14-31-15-13-28)29(23)17-6-2-1-3-7-17/h1-11H,12-16H2,(H,25,30). The zero-order valence-corrected chi connectivity index (χ0v) is 18.2. The summed E-state index contributed by atoms with van der Waals surface area (Å²) in [5, 5.41) is 13.4. The minimum atomic E-state index is -0.109. The molecule has 8 nitrogen and oxygen atoms in total. The Kier molecular flexibility index (Phi) is 6.00. The second-order valence-electron chi connectivity index (χ2n) is 7.27. The number of fused-ring (bicyclic) bond motifs is 1. The van der Waals surface area contributed by atoms with Gasteiger partial charge in [0.05, 0.1) is 35.9 Å². The van der Waals surface area contributed by atoms with Crippen LogP contribution >= 0.6 is 11.8 Å². The first kappa shape index (κ1) is 20.5. The maximum Gasteiger partial charge on any atom is 0.234 e. The lowest BCUT2D eigenvalue weighted by Gasteiger charge is -2.27. The van der Waals surface area contributed by atoms with Gasteiger partial charge in [0.25, 0.3) is 0 Å². The normalized spacial score (nSPS) is 13.9. The molecule has 0 spiro atoms. The van der Waals surface area contributed by atoms with Gasteiger partial charge in [0, 0.05) is 24.7 Å². The fraction of sp³-hybridized carbons (Fsp3) is 0.217. The van der Waals surface area contributed by atoms with Gasteiger partial charge >= 0.3 is 0 Å². The van der Waals surface area contributed by atoms with Gasteiger partial charge in [-0.15, -0.1) is 10.2 Å². The third-order valence-corrected chi connectivity index (χ3v) is 6.11. The molecule has 5 rings (SSSR count). The predicted molar refractivity (Wildman–Crippen MR) is 125 cm³/mol. The van der Waals surface area contributed by atoms with E-state index in [2.05, 4.69) is 25.4 Å². The summed E-state index contributed by atoms with van der Waals surface area (Å²) in [7, 11) is 0. The zero-order valence-electron chi connectivity index (χ0n) is 17.3. The lowest BCUT2D eigenvalue weighted by Crippen LogP contribution is -2.37. The molecule has 0 atom stereocenters. The number of rotatable bonds is 6. The highest BCUT2D eigenvalue weighted by Gasteiger charge is 2.22. The number of thioether (sulfide) groups is 1. The Morgan fingerprint density at radius 1 is 1.00 bits per heavy atom. The van der Waals surface area contributed by atoms with E-state index in [-0.39, 0.29) is 11.7 Å². The lowest BCUT2D eigenvalue weighted by atomic mass is 10.2. The van der Waals surface area contributed by atoms with Crippen molar-refractivity contribution < 1.29 is 9.53 Å². The SMILES string of the molecule is O=C(CSc1nnc(N2CCOCC2)n1-c1ccccc1)Nc1cccc2ncccc12. The fourth-order valence-corrected chi connectivity index (χ4v) is 4.40. The van der Waals surface area contributed by atoms with Crippen molar-refractivity contribution in [3.63, 3.8) is 0 Å². The van der Waals surface area contributed by atoms with Crippen LogP contribution in [0, 0.1) is 0 Å². The molecular formula is C23H22N6O2S. The van der Waals surface area contributed by atoms with Crippen LogP contribution in [0.3, 0.4) is 0 Å². The van der Waals surface area contributed by atoms with Crippen molar-refractivity contribution >= 4 is 40.2 Å². The molecule has 162 valence electrons. The van der Waals surface area contributed by atoms with Crippen LogP contribution in [0.2, 0.25) is 0 Å². The summed E-state index contributed by atoms with van der Waals surface area (Å²) >= 11 is 1.36. The second-order valence-corrected chi connectivity index (χ2v) is 8.21.